The minimum atomic E-state index is -4.41. The molecule has 21 heavy (non-hydrogen) atoms. The van der Waals surface area contributed by atoms with Crippen LogP contribution in [0.25, 0.3) is 0 Å². The van der Waals surface area contributed by atoms with E-state index in [-0.39, 0.29) is 13.5 Å². The van der Waals surface area contributed by atoms with E-state index in [2.05, 4.69) is 0 Å². The first kappa shape index (κ1) is 15.9. The number of benzene rings is 2. The summed E-state index contributed by atoms with van der Waals surface area (Å²) in [6.45, 7) is 0. The Morgan fingerprint density at radius 1 is 0.952 bits per heavy atom. The van der Waals surface area contributed by atoms with Crippen molar-refractivity contribution in [3.05, 3.63) is 54.1 Å². The fourth-order valence-electron chi connectivity index (χ4n) is 1.69. The molecule has 0 fully saturated rings. The highest BCUT2D eigenvalue weighted by Crippen LogP contribution is 2.29. The number of alkyl halides is 3. The van der Waals surface area contributed by atoms with Crippen LogP contribution in [0.2, 0.25) is 0 Å². The van der Waals surface area contributed by atoms with Gasteiger partial charge in [-0.15, -0.1) is 0 Å². The van der Waals surface area contributed by atoms with E-state index in [1.54, 1.807) is 6.07 Å². The van der Waals surface area contributed by atoms with Gasteiger partial charge in [-0.3, -0.25) is 4.55 Å². The van der Waals surface area contributed by atoms with E-state index in [1.165, 1.54) is 30.3 Å². The molecule has 0 bridgehead atoms. The van der Waals surface area contributed by atoms with E-state index in [4.69, 9.17) is 4.55 Å². The Hall–Kier alpha value is -1.43. The molecule has 2 aromatic rings. The minimum Gasteiger partial charge on any atom is -0.282 e. The van der Waals surface area contributed by atoms with Crippen LogP contribution in [0.3, 0.4) is 0 Å². The van der Waals surface area contributed by atoms with E-state index < -0.39 is 21.9 Å². The topological polar surface area (TPSA) is 54.4 Å². The first-order valence-electron chi connectivity index (χ1n) is 5.69. The molecule has 0 aliphatic carbocycles. The Kier molecular flexibility index (Phi) is 4.37. The third kappa shape index (κ3) is 4.03. The van der Waals surface area contributed by atoms with Gasteiger partial charge in [0.05, 0.1) is 5.56 Å². The Morgan fingerprint density at radius 3 is 2.05 bits per heavy atom. The highest BCUT2D eigenvalue weighted by molar-refractivity contribution is 7.86. The summed E-state index contributed by atoms with van der Waals surface area (Å²) in [6, 6.07) is 10.3. The van der Waals surface area contributed by atoms with Crippen LogP contribution in [0.15, 0.2) is 53.4 Å². The molecule has 0 aliphatic heterocycles. The lowest BCUT2D eigenvalue weighted by molar-refractivity contribution is -0.137. The summed E-state index contributed by atoms with van der Waals surface area (Å²) in [7, 11) is -4.54. The summed E-state index contributed by atoms with van der Waals surface area (Å²) < 4.78 is 69.0. The van der Waals surface area contributed by atoms with Crippen LogP contribution in [0.1, 0.15) is 5.56 Å². The largest absolute Gasteiger partial charge is 0.416 e. The van der Waals surface area contributed by atoms with Gasteiger partial charge in [-0.05, 0) is 28.8 Å². The van der Waals surface area contributed by atoms with Crippen molar-refractivity contribution in [1.82, 2.24) is 0 Å². The molecule has 1 unspecified atom stereocenters. The second kappa shape index (κ2) is 5.75. The van der Waals surface area contributed by atoms with Crippen LogP contribution >= 0.6 is 8.58 Å². The molecule has 0 spiro atoms. The Bertz CT molecular complexity index is 740. The van der Waals surface area contributed by atoms with Crippen LogP contribution in [0, 0.1) is 0 Å². The van der Waals surface area contributed by atoms with Gasteiger partial charge in [0.1, 0.15) is 4.90 Å². The predicted molar refractivity (Wildman–Crippen MR) is 75.3 cm³/mol. The van der Waals surface area contributed by atoms with Gasteiger partial charge in [0.15, 0.2) is 0 Å². The molecule has 0 aromatic heterocycles. The van der Waals surface area contributed by atoms with Crippen LogP contribution in [0.4, 0.5) is 13.2 Å². The van der Waals surface area contributed by atoms with Crippen molar-refractivity contribution < 1.29 is 26.1 Å². The molecule has 112 valence electrons. The zero-order valence-electron chi connectivity index (χ0n) is 10.4. The maximum absolute atomic E-state index is 12.5. The first-order chi connectivity index (χ1) is 9.68. The summed E-state index contributed by atoms with van der Waals surface area (Å²) in [5, 5.41) is 0.888. The van der Waals surface area contributed by atoms with Crippen molar-refractivity contribution in [2.45, 2.75) is 11.1 Å². The second-order valence-electron chi connectivity index (χ2n) is 4.17. The predicted octanol–water partition coefficient (Wildman–Crippen LogP) is 2.58. The molecule has 0 amide bonds. The van der Waals surface area contributed by atoms with E-state index in [0.29, 0.717) is 10.6 Å². The molecule has 3 nitrogen and oxygen atoms in total. The third-order valence-electron chi connectivity index (χ3n) is 2.66. The van der Waals surface area contributed by atoms with Gasteiger partial charge in [0, 0.05) is 0 Å². The maximum atomic E-state index is 12.5. The molecule has 8 heteroatoms. The number of hydrogen-bond acceptors (Lipinski definition) is 2. The SMILES string of the molecule is O=S(=O)(O)c1ccccc1Pc1ccc(C(F)(F)F)cc1. The molecule has 0 heterocycles. The smallest absolute Gasteiger partial charge is 0.282 e. The Labute approximate surface area is 121 Å². The van der Waals surface area contributed by atoms with Gasteiger partial charge in [0.25, 0.3) is 10.1 Å². The molecule has 1 atom stereocenters. The number of hydrogen-bond donors (Lipinski definition) is 1. The zero-order chi connectivity index (χ0) is 15.7. The fourth-order valence-corrected chi connectivity index (χ4v) is 3.86. The highest BCUT2D eigenvalue weighted by Gasteiger charge is 2.29. The highest BCUT2D eigenvalue weighted by atomic mass is 32.2. The van der Waals surface area contributed by atoms with Gasteiger partial charge >= 0.3 is 6.18 Å². The van der Waals surface area contributed by atoms with Crippen molar-refractivity contribution in [2.75, 3.05) is 0 Å². The molecule has 1 N–H and O–H groups in total. The lowest BCUT2D eigenvalue weighted by Gasteiger charge is -2.09. The Morgan fingerprint density at radius 2 is 1.52 bits per heavy atom. The molecular weight excluding hydrogens is 324 g/mol. The average Bonchev–Trinajstić information content (AvgIpc) is 2.37. The standard InChI is InChI=1S/C13H10F3O3PS/c14-13(15,16)9-5-7-10(8-6-9)20-11-3-1-2-4-12(11)21(17,18)19/h1-8,20H,(H,17,18,19). The summed E-state index contributed by atoms with van der Waals surface area (Å²) in [5.41, 5.74) is -0.765. The Balaban J connectivity index is 2.32. The lowest BCUT2D eigenvalue weighted by atomic mass is 10.2. The van der Waals surface area contributed by atoms with Gasteiger partial charge in [-0.2, -0.15) is 21.6 Å². The van der Waals surface area contributed by atoms with Crippen molar-refractivity contribution >= 4 is 29.3 Å². The molecule has 0 saturated heterocycles. The maximum Gasteiger partial charge on any atom is 0.416 e. The van der Waals surface area contributed by atoms with Crippen molar-refractivity contribution in [3.63, 3.8) is 0 Å². The van der Waals surface area contributed by atoms with Gasteiger partial charge in [-0.25, -0.2) is 0 Å². The monoisotopic (exact) mass is 334 g/mol. The number of rotatable bonds is 3. The van der Waals surface area contributed by atoms with Crippen molar-refractivity contribution in [3.8, 4) is 0 Å². The van der Waals surface area contributed by atoms with Crippen LogP contribution < -0.4 is 10.6 Å². The van der Waals surface area contributed by atoms with Crippen molar-refractivity contribution in [2.24, 2.45) is 0 Å². The third-order valence-corrected chi connectivity index (χ3v) is 5.08. The van der Waals surface area contributed by atoms with E-state index >= 15 is 0 Å². The van der Waals surface area contributed by atoms with Crippen LogP contribution in [-0.4, -0.2) is 13.0 Å². The molecule has 0 saturated carbocycles. The van der Waals surface area contributed by atoms with Gasteiger partial charge in [0.2, 0.25) is 0 Å². The summed E-state index contributed by atoms with van der Waals surface area (Å²) in [5.74, 6) is 0. The lowest BCUT2D eigenvalue weighted by Crippen LogP contribution is -2.14. The van der Waals surface area contributed by atoms with Crippen LogP contribution in [-0.2, 0) is 16.3 Å². The van der Waals surface area contributed by atoms with Crippen LogP contribution in [0.5, 0.6) is 0 Å². The van der Waals surface area contributed by atoms with Gasteiger partial charge < -0.3 is 0 Å². The second-order valence-corrected chi connectivity index (χ2v) is 6.93. The van der Waals surface area contributed by atoms with E-state index in [1.807, 2.05) is 0 Å². The fraction of sp³-hybridized carbons (Fsp3) is 0.0769. The van der Waals surface area contributed by atoms with Gasteiger partial charge in [-0.1, -0.05) is 38.9 Å². The van der Waals surface area contributed by atoms with Crippen molar-refractivity contribution in [1.29, 1.82) is 0 Å². The molecule has 2 aromatic carbocycles. The average molecular weight is 334 g/mol. The normalized spacial score (nSPS) is 13.0. The van der Waals surface area contributed by atoms with E-state index in [9.17, 15) is 21.6 Å². The summed E-state index contributed by atoms with van der Waals surface area (Å²) >= 11 is 0. The minimum absolute atomic E-state index is 0.178. The molecular formula is C13H10F3O3PS. The zero-order valence-corrected chi connectivity index (χ0v) is 12.2. The quantitative estimate of drug-likeness (QED) is 0.693. The first-order valence-corrected chi connectivity index (χ1v) is 8.13. The molecule has 0 radical (unpaired) electrons. The molecule has 2 rings (SSSR count). The molecule has 0 aliphatic rings. The summed E-state index contributed by atoms with van der Waals surface area (Å²) in [6.07, 6.45) is -4.41. The summed E-state index contributed by atoms with van der Waals surface area (Å²) in [4.78, 5) is -0.233. The van der Waals surface area contributed by atoms with E-state index in [0.717, 1.165) is 12.1 Å². The number of halogens is 3.